The van der Waals surface area contributed by atoms with Gasteiger partial charge in [-0.1, -0.05) is 45.6 Å². The van der Waals surface area contributed by atoms with Gasteiger partial charge in [0.15, 0.2) is 5.96 Å². The van der Waals surface area contributed by atoms with Gasteiger partial charge in [-0.25, -0.2) is 0 Å². The van der Waals surface area contributed by atoms with E-state index in [0.29, 0.717) is 6.54 Å². The van der Waals surface area contributed by atoms with Crippen LogP contribution in [0.3, 0.4) is 0 Å². The molecule has 4 heteroatoms. The van der Waals surface area contributed by atoms with Gasteiger partial charge in [-0.2, -0.15) is 0 Å². The summed E-state index contributed by atoms with van der Waals surface area (Å²) in [7, 11) is 1.80. The molecule has 0 spiro atoms. The molecular weight excluding hydrogens is 260 g/mol. The van der Waals surface area contributed by atoms with Crippen molar-refractivity contribution in [3.63, 3.8) is 0 Å². The molecule has 0 bridgehead atoms. The van der Waals surface area contributed by atoms with Crippen molar-refractivity contribution in [3.8, 4) is 0 Å². The van der Waals surface area contributed by atoms with Gasteiger partial charge in [-0.05, 0) is 24.5 Å². The number of unbranched alkanes of at least 4 members (excludes halogenated alkanes) is 3. The predicted molar refractivity (Wildman–Crippen MR) is 90.4 cm³/mol. The number of guanidine groups is 1. The molecule has 1 aromatic heterocycles. The van der Waals surface area contributed by atoms with Crippen molar-refractivity contribution in [1.29, 1.82) is 0 Å². The number of rotatable bonds is 9. The first kappa shape index (κ1) is 17.5. The predicted octanol–water partition coefficient (Wildman–Crippen LogP) is 3.35. The van der Waals surface area contributed by atoms with Gasteiger partial charge < -0.3 is 10.6 Å². The van der Waals surface area contributed by atoms with Crippen LogP contribution in [0.15, 0.2) is 29.4 Å². The SMILES string of the molecule is CN=C(NCCCCCCC(C)C)NCc1ccccn1. The van der Waals surface area contributed by atoms with E-state index >= 15 is 0 Å². The molecule has 0 atom stereocenters. The zero-order valence-electron chi connectivity index (χ0n) is 13.7. The van der Waals surface area contributed by atoms with Gasteiger partial charge in [0.1, 0.15) is 0 Å². The summed E-state index contributed by atoms with van der Waals surface area (Å²) >= 11 is 0. The Morgan fingerprint density at radius 3 is 2.62 bits per heavy atom. The van der Waals surface area contributed by atoms with Gasteiger partial charge in [0.25, 0.3) is 0 Å². The average Bonchev–Trinajstić information content (AvgIpc) is 2.50. The minimum Gasteiger partial charge on any atom is -0.356 e. The van der Waals surface area contributed by atoms with E-state index in [1.807, 2.05) is 24.4 Å². The third-order valence-corrected chi connectivity index (χ3v) is 3.39. The maximum atomic E-state index is 4.28. The lowest BCUT2D eigenvalue weighted by molar-refractivity contribution is 0.518. The van der Waals surface area contributed by atoms with Crippen LogP contribution in [0, 0.1) is 5.92 Å². The topological polar surface area (TPSA) is 49.3 Å². The molecule has 0 unspecified atom stereocenters. The molecule has 0 aliphatic heterocycles. The fourth-order valence-corrected chi connectivity index (χ4v) is 2.14. The van der Waals surface area contributed by atoms with Crippen molar-refractivity contribution in [1.82, 2.24) is 15.6 Å². The summed E-state index contributed by atoms with van der Waals surface area (Å²) in [6.45, 7) is 6.26. The Labute approximate surface area is 129 Å². The Morgan fingerprint density at radius 2 is 1.95 bits per heavy atom. The van der Waals surface area contributed by atoms with Crippen LogP contribution < -0.4 is 10.6 Å². The van der Waals surface area contributed by atoms with E-state index in [1.165, 1.54) is 32.1 Å². The molecule has 0 aromatic carbocycles. The van der Waals surface area contributed by atoms with Gasteiger partial charge in [0.05, 0.1) is 12.2 Å². The van der Waals surface area contributed by atoms with Crippen LogP contribution in [0.1, 0.15) is 51.6 Å². The summed E-state index contributed by atoms with van der Waals surface area (Å²) in [5.41, 5.74) is 1.02. The fraction of sp³-hybridized carbons (Fsp3) is 0.647. The highest BCUT2D eigenvalue weighted by Gasteiger charge is 1.99. The number of hydrogen-bond acceptors (Lipinski definition) is 2. The highest BCUT2D eigenvalue weighted by atomic mass is 15.2. The minimum atomic E-state index is 0.703. The van der Waals surface area contributed by atoms with Crippen molar-refractivity contribution in [2.24, 2.45) is 10.9 Å². The summed E-state index contributed by atoms with van der Waals surface area (Å²) in [4.78, 5) is 8.51. The molecule has 118 valence electrons. The summed E-state index contributed by atoms with van der Waals surface area (Å²) < 4.78 is 0. The zero-order chi connectivity index (χ0) is 15.3. The fourth-order valence-electron chi connectivity index (χ4n) is 2.14. The number of nitrogens with zero attached hydrogens (tertiary/aromatic N) is 2. The Balaban J connectivity index is 2.06. The lowest BCUT2D eigenvalue weighted by atomic mass is 10.0. The van der Waals surface area contributed by atoms with Crippen LogP contribution in [0.5, 0.6) is 0 Å². The Kier molecular flexibility index (Phi) is 9.25. The van der Waals surface area contributed by atoms with Gasteiger partial charge >= 0.3 is 0 Å². The Bertz CT molecular complexity index is 387. The van der Waals surface area contributed by atoms with Crippen molar-refractivity contribution in [2.75, 3.05) is 13.6 Å². The number of aliphatic imine (C=N–C) groups is 1. The molecule has 1 heterocycles. The number of pyridine rings is 1. The molecule has 0 saturated carbocycles. The van der Waals surface area contributed by atoms with E-state index in [0.717, 1.165) is 24.1 Å². The Hall–Kier alpha value is -1.58. The van der Waals surface area contributed by atoms with Crippen LogP contribution in [-0.2, 0) is 6.54 Å². The molecular formula is C17H30N4. The second kappa shape index (κ2) is 11.1. The highest BCUT2D eigenvalue weighted by molar-refractivity contribution is 5.79. The van der Waals surface area contributed by atoms with Crippen LogP contribution in [0.2, 0.25) is 0 Å². The molecule has 1 aromatic rings. The van der Waals surface area contributed by atoms with E-state index in [9.17, 15) is 0 Å². The molecule has 0 saturated heterocycles. The van der Waals surface area contributed by atoms with Crippen molar-refractivity contribution < 1.29 is 0 Å². The molecule has 0 fully saturated rings. The van der Waals surface area contributed by atoms with Gasteiger partial charge in [-0.15, -0.1) is 0 Å². The third kappa shape index (κ3) is 9.05. The van der Waals surface area contributed by atoms with Crippen LogP contribution in [-0.4, -0.2) is 24.5 Å². The standard InChI is InChI=1S/C17H30N4/c1-15(2)10-6-4-5-8-13-20-17(18-3)21-14-16-11-7-9-12-19-16/h7,9,11-12,15H,4-6,8,10,13-14H2,1-3H3,(H2,18,20,21). The molecule has 21 heavy (non-hydrogen) atoms. The van der Waals surface area contributed by atoms with Gasteiger partial charge in [0.2, 0.25) is 0 Å². The number of aromatic nitrogens is 1. The average molecular weight is 290 g/mol. The monoisotopic (exact) mass is 290 g/mol. The quantitative estimate of drug-likeness (QED) is 0.416. The lowest BCUT2D eigenvalue weighted by Crippen LogP contribution is -2.37. The normalized spacial score (nSPS) is 11.7. The molecule has 1 rings (SSSR count). The van der Waals surface area contributed by atoms with Gasteiger partial charge in [-0.3, -0.25) is 9.98 Å². The molecule has 0 aliphatic carbocycles. The van der Waals surface area contributed by atoms with Crippen LogP contribution >= 0.6 is 0 Å². The third-order valence-electron chi connectivity index (χ3n) is 3.39. The summed E-state index contributed by atoms with van der Waals surface area (Å²) in [6.07, 6.45) is 8.33. The lowest BCUT2D eigenvalue weighted by Gasteiger charge is -2.11. The van der Waals surface area contributed by atoms with Crippen LogP contribution in [0.4, 0.5) is 0 Å². The van der Waals surface area contributed by atoms with Crippen molar-refractivity contribution in [2.45, 2.75) is 52.5 Å². The maximum absolute atomic E-state index is 4.28. The first-order valence-corrected chi connectivity index (χ1v) is 8.06. The van der Waals surface area contributed by atoms with Crippen molar-refractivity contribution in [3.05, 3.63) is 30.1 Å². The van der Waals surface area contributed by atoms with E-state index in [-0.39, 0.29) is 0 Å². The number of hydrogen-bond donors (Lipinski definition) is 2. The van der Waals surface area contributed by atoms with Gasteiger partial charge in [0, 0.05) is 19.8 Å². The van der Waals surface area contributed by atoms with Crippen molar-refractivity contribution >= 4 is 5.96 Å². The maximum Gasteiger partial charge on any atom is 0.191 e. The molecule has 0 aliphatic rings. The van der Waals surface area contributed by atoms with E-state index in [2.05, 4.69) is 34.5 Å². The van der Waals surface area contributed by atoms with Crippen LogP contribution in [0.25, 0.3) is 0 Å². The first-order chi connectivity index (χ1) is 10.2. The summed E-state index contributed by atoms with van der Waals surface area (Å²) in [5.74, 6) is 1.68. The summed E-state index contributed by atoms with van der Waals surface area (Å²) in [5, 5.41) is 6.63. The smallest absolute Gasteiger partial charge is 0.191 e. The zero-order valence-corrected chi connectivity index (χ0v) is 13.7. The van der Waals surface area contributed by atoms with E-state index < -0.39 is 0 Å². The molecule has 4 nitrogen and oxygen atoms in total. The minimum absolute atomic E-state index is 0.703. The highest BCUT2D eigenvalue weighted by Crippen LogP contribution is 2.08. The van der Waals surface area contributed by atoms with E-state index in [1.54, 1.807) is 7.05 Å². The second-order valence-electron chi connectivity index (χ2n) is 5.77. The largest absolute Gasteiger partial charge is 0.356 e. The van der Waals surface area contributed by atoms with E-state index in [4.69, 9.17) is 0 Å². The first-order valence-electron chi connectivity index (χ1n) is 8.06. The molecule has 2 N–H and O–H groups in total. The second-order valence-corrected chi connectivity index (χ2v) is 5.77. The molecule has 0 radical (unpaired) electrons. The number of nitrogens with one attached hydrogen (secondary N) is 2. The summed E-state index contributed by atoms with van der Waals surface area (Å²) in [6, 6.07) is 5.93. The Morgan fingerprint density at radius 1 is 1.14 bits per heavy atom. The molecule has 0 amide bonds.